The van der Waals surface area contributed by atoms with E-state index in [1.165, 1.54) is 0 Å². The summed E-state index contributed by atoms with van der Waals surface area (Å²) in [6.07, 6.45) is 0. The first-order valence-corrected chi connectivity index (χ1v) is 11.3. The molecule has 0 aromatic rings. The van der Waals surface area contributed by atoms with E-state index in [2.05, 4.69) is 12.9 Å². The van der Waals surface area contributed by atoms with Gasteiger partial charge in [-0.2, -0.15) is 8.62 Å². The first-order chi connectivity index (χ1) is 9.12. The van der Waals surface area contributed by atoms with Crippen LogP contribution in [0.1, 0.15) is 0 Å². The van der Waals surface area contributed by atoms with Crippen LogP contribution in [0.2, 0.25) is 0 Å². The van der Waals surface area contributed by atoms with Crippen molar-refractivity contribution < 1.29 is 139 Å². The van der Waals surface area contributed by atoms with E-state index in [-0.39, 0.29) is 59.1 Å². The molecule has 0 aliphatic carbocycles. The van der Waals surface area contributed by atoms with Crippen LogP contribution >= 0.6 is 39.1 Å². The summed E-state index contributed by atoms with van der Waals surface area (Å²) in [4.78, 5) is 74.4. The van der Waals surface area contributed by atoms with Crippen LogP contribution in [-0.2, 0) is 35.8 Å². The number of hydrogen-bond donors (Lipinski definition) is 7. The third-order valence-corrected chi connectivity index (χ3v) is 5.63. The van der Waals surface area contributed by atoms with Gasteiger partial charge in [-0.25, -0.2) is 18.3 Å². The summed E-state index contributed by atoms with van der Waals surface area (Å²) < 4.78 is 58.1. The van der Waals surface area contributed by atoms with E-state index in [0.29, 0.717) is 0 Å². The van der Waals surface area contributed by atoms with Crippen LogP contribution in [0, 0.1) is 0 Å². The summed E-state index contributed by atoms with van der Waals surface area (Å²) in [5.41, 5.74) is 0. The minimum atomic E-state index is -5.55. The molecule has 24 heteroatoms. The number of phosphoric acid groups is 5. The SMILES string of the molecule is O=P(O)(O)OP(=O)(O)OP(=O)(O)O.O=P([O-])([O-])OP(=O)(O)O.[Na+].[Na+]. The second kappa shape index (κ2) is 12.3. The Kier molecular flexibility index (Phi) is 17.5. The van der Waals surface area contributed by atoms with Gasteiger partial charge in [0.25, 0.3) is 0 Å². The molecule has 0 fully saturated rings. The molecule has 0 bridgehead atoms. The molecule has 0 spiro atoms. The van der Waals surface area contributed by atoms with Crippen molar-refractivity contribution in [1.82, 2.24) is 0 Å². The van der Waals surface area contributed by atoms with Gasteiger partial charge in [-0.05, 0) is 0 Å². The van der Waals surface area contributed by atoms with E-state index in [0.717, 1.165) is 0 Å². The van der Waals surface area contributed by atoms with Gasteiger partial charge in [0.2, 0.25) is 0 Å². The van der Waals surface area contributed by atoms with E-state index < -0.39 is 39.1 Å². The molecule has 0 aliphatic heterocycles. The maximum absolute atomic E-state index is 10.4. The number of hydrogen-bond acceptors (Lipinski definition) is 10. The van der Waals surface area contributed by atoms with Crippen LogP contribution in [0.4, 0.5) is 0 Å². The Morgan fingerprint density at radius 1 is 0.542 bits per heavy atom. The normalized spacial score (nSPS) is 13.0. The Labute approximate surface area is 176 Å². The van der Waals surface area contributed by atoms with E-state index in [9.17, 15) is 32.6 Å². The summed E-state index contributed by atoms with van der Waals surface area (Å²) in [7, 11) is -26.9. The average Bonchev–Trinajstić information content (AvgIpc) is 1.82. The quantitative estimate of drug-likeness (QED) is 0.137. The largest absolute Gasteiger partial charge is 1.00 e. The molecule has 136 valence electrons. The molecule has 0 rings (SSSR count). The molecule has 0 atom stereocenters. The van der Waals surface area contributed by atoms with Gasteiger partial charge in [0.1, 0.15) is 0 Å². The molecule has 17 nitrogen and oxygen atoms in total. The summed E-state index contributed by atoms with van der Waals surface area (Å²) in [6.45, 7) is 0. The molecular formula is H7Na2O17P5. The van der Waals surface area contributed by atoms with Crippen LogP contribution < -0.4 is 68.9 Å². The van der Waals surface area contributed by atoms with Crippen molar-refractivity contribution in [2.75, 3.05) is 0 Å². The van der Waals surface area contributed by atoms with Crippen LogP contribution in [0.3, 0.4) is 0 Å². The van der Waals surface area contributed by atoms with E-state index >= 15 is 0 Å². The summed E-state index contributed by atoms with van der Waals surface area (Å²) in [5.74, 6) is 0. The van der Waals surface area contributed by atoms with E-state index in [4.69, 9.17) is 34.3 Å². The second-order valence-electron chi connectivity index (χ2n) is 2.63. The standard InChI is InChI=1S/2Na.H5O10P3.H4O7P2/c;;1-11(2,3)9-13(7,8)10-12(4,5)6;1-8(2,3)7-9(4,5)6/h;;(H,7,8)(H2,1,2,3)(H2,4,5,6);(H2,1,2,3)(H2,4,5,6)/q2*+1;;/p-2. The summed E-state index contributed by atoms with van der Waals surface area (Å²) in [5, 5.41) is 0. The first kappa shape index (κ1) is 34.2. The molecule has 0 saturated carbocycles. The molecule has 7 N–H and O–H groups in total. The maximum atomic E-state index is 10.4. The second-order valence-corrected chi connectivity index (χ2v) is 9.37. The average molecular weight is 480 g/mol. The van der Waals surface area contributed by atoms with Crippen molar-refractivity contribution in [3.05, 3.63) is 0 Å². The van der Waals surface area contributed by atoms with Gasteiger partial charge in [0.15, 0.2) is 0 Å². The Morgan fingerprint density at radius 2 is 0.750 bits per heavy atom. The van der Waals surface area contributed by atoms with Gasteiger partial charge in [-0.15, -0.1) is 0 Å². The Hall–Kier alpha value is 2.67. The zero-order chi connectivity index (χ0) is 18.6. The van der Waals surface area contributed by atoms with E-state index in [1.54, 1.807) is 0 Å². The number of rotatable bonds is 6. The third-order valence-electron chi connectivity index (χ3n) is 0.625. The van der Waals surface area contributed by atoms with E-state index in [1.807, 2.05) is 0 Å². The maximum Gasteiger partial charge on any atom is 1.00 e. The van der Waals surface area contributed by atoms with Crippen LogP contribution in [0.15, 0.2) is 0 Å². The van der Waals surface area contributed by atoms with Gasteiger partial charge >= 0.3 is 90.4 Å². The monoisotopic (exact) mass is 480 g/mol. The Morgan fingerprint density at radius 3 is 0.833 bits per heavy atom. The van der Waals surface area contributed by atoms with Crippen molar-refractivity contribution in [1.29, 1.82) is 0 Å². The van der Waals surface area contributed by atoms with Crippen molar-refractivity contribution in [3.8, 4) is 0 Å². The van der Waals surface area contributed by atoms with Gasteiger partial charge in [-0.3, -0.25) is 4.31 Å². The summed E-state index contributed by atoms with van der Waals surface area (Å²) in [6, 6.07) is 0. The molecule has 0 unspecified atom stereocenters. The topological polar surface area (TPSA) is 301 Å². The van der Waals surface area contributed by atoms with Gasteiger partial charge < -0.3 is 48.6 Å². The van der Waals surface area contributed by atoms with Gasteiger partial charge in [0, 0.05) is 0 Å². The molecule has 0 radical (unpaired) electrons. The van der Waals surface area contributed by atoms with Crippen LogP contribution in [-0.4, -0.2) is 34.3 Å². The fourth-order valence-electron chi connectivity index (χ4n) is 0.414. The Balaban J connectivity index is -0.000000162. The zero-order valence-electron chi connectivity index (χ0n) is 11.4. The zero-order valence-corrected chi connectivity index (χ0v) is 19.9. The molecule has 0 saturated heterocycles. The van der Waals surface area contributed by atoms with Crippen molar-refractivity contribution >= 4 is 39.1 Å². The molecule has 0 aliphatic rings. The predicted molar refractivity (Wildman–Crippen MR) is 56.8 cm³/mol. The van der Waals surface area contributed by atoms with Gasteiger partial charge in [-0.1, -0.05) is 0 Å². The molecule has 0 aromatic carbocycles. The summed E-state index contributed by atoms with van der Waals surface area (Å²) >= 11 is 0. The predicted octanol–water partition coefficient (Wildman–Crippen LogP) is -8.76. The third kappa shape index (κ3) is 32.4. The first-order valence-electron chi connectivity index (χ1n) is 3.77. The molecule has 0 aromatic heterocycles. The molecular weight excluding hydrogens is 473 g/mol. The van der Waals surface area contributed by atoms with Crippen molar-refractivity contribution in [2.45, 2.75) is 0 Å². The fourth-order valence-corrected chi connectivity index (χ4v) is 3.99. The van der Waals surface area contributed by atoms with Crippen LogP contribution in [0.25, 0.3) is 0 Å². The molecule has 24 heavy (non-hydrogen) atoms. The van der Waals surface area contributed by atoms with Crippen molar-refractivity contribution in [3.63, 3.8) is 0 Å². The molecule has 0 heterocycles. The van der Waals surface area contributed by atoms with Gasteiger partial charge in [0.05, 0.1) is 7.82 Å². The minimum Gasteiger partial charge on any atom is -0.789 e. The fraction of sp³-hybridized carbons (Fsp3) is 0. The minimum absolute atomic E-state index is 0. The van der Waals surface area contributed by atoms with Crippen LogP contribution in [0.5, 0.6) is 0 Å². The Bertz CT molecular complexity index is 532. The smallest absolute Gasteiger partial charge is 0.789 e. The molecule has 0 amide bonds. The van der Waals surface area contributed by atoms with Crippen molar-refractivity contribution in [2.24, 2.45) is 0 Å².